The van der Waals surface area contributed by atoms with Crippen molar-refractivity contribution in [1.82, 2.24) is 15.1 Å². The van der Waals surface area contributed by atoms with Crippen molar-refractivity contribution in [2.75, 3.05) is 18.1 Å². The van der Waals surface area contributed by atoms with Gasteiger partial charge in [-0.1, -0.05) is 6.92 Å². The van der Waals surface area contributed by atoms with Gasteiger partial charge in [0.05, 0.1) is 23.2 Å². The first kappa shape index (κ1) is 12.6. The summed E-state index contributed by atoms with van der Waals surface area (Å²) < 4.78 is 24.9. The average Bonchev–Trinajstić information content (AvgIpc) is 2.81. The van der Waals surface area contributed by atoms with Crippen LogP contribution in [0.2, 0.25) is 0 Å². The monoisotopic (exact) mass is 257 g/mol. The van der Waals surface area contributed by atoms with Crippen LogP contribution in [0.3, 0.4) is 0 Å². The molecule has 0 radical (unpaired) electrons. The minimum Gasteiger partial charge on any atom is -0.309 e. The van der Waals surface area contributed by atoms with Gasteiger partial charge in [-0.3, -0.25) is 4.68 Å². The van der Waals surface area contributed by atoms with Crippen LogP contribution in [0.25, 0.3) is 0 Å². The van der Waals surface area contributed by atoms with Crippen molar-refractivity contribution in [3.63, 3.8) is 0 Å². The summed E-state index contributed by atoms with van der Waals surface area (Å²) in [5.74, 6) is 0.767. The van der Waals surface area contributed by atoms with E-state index in [0.29, 0.717) is 5.75 Å². The first-order chi connectivity index (χ1) is 8.03. The number of sulfone groups is 1. The van der Waals surface area contributed by atoms with E-state index in [2.05, 4.69) is 10.4 Å². The lowest BCUT2D eigenvalue weighted by atomic mass is 9.96. The molecule has 2 unspecified atom stereocenters. The van der Waals surface area contributed by atoms with Crippen LogP contribution in [0.5, 0.6) is 0 Å². The largest absolute Gasteiger partial charge is 0.309 e. The highest BCUT2D eigenvalue weighted by Gasteiger charge is 2.35. The molecular formula is C11H19N3O2S. The minimum atomic E-state index is -2.83. The van der Waals surface area contributed by atoms with Crippen LogP contribution < -0.4 is 5.32 Å². The second-order valence-electron chi connectivity index (χ2n) is 4.58. The number of hydrogen-bond donors (Lipinski definition) is 1. The van der Waals surface area contributed by atoms with Gasteiger partial charge in [0.25, 0.3) is 0 Å². The number of nitrogens with zero attached hydrogens (tertiary/aromatic N) is 2. The molecule has 1 N–H and O–H groups in total. The average molecular weight is 257 g/mol. The Morgan fingerprint density at radius 1 is 1.65 bits per heavy atom. The van der Waals surface area contributed by atoms with Crippen molar-refractivity contribution >= 4 is 9.84 Å². The van der Waals surface area contributed by atoms with Crippen LogP contribution in [0, 0.1) is 5.92 Å². The smallest absolute Gasteiger partial charge is 0.150 e. The first-order valence-corrected chi connectivity index (χ1v) is 7.77. The van der Waals surface area contributed by atoms with E-state index in [0.717, 1.165) is 18.7 Å². The van der Waals surface area contributed by atoms with Crippen LogP contribution in [0.4, 0.5) is 0 Å². The molecule has 96 valence electrons. The van der Waals surface area contributed by atoms with Gasteiger partial charge >= 0.3 is 0 Å². The molecule has 1 aliphatic heterocycles. The molecule has 0 spiro atoms. The maximum atomic E-state index is 11.6. The Morgan fingerprint density at radius 3 is 2.88 bits per heavy atom. The van der Waals surface area contributed by atoms with Crippen LogP contribution in [-0.4, -0.2) is 36.2 Å². The minimum absolute atomic E-state index is 0.0878. The molecule has 0 saturated carbocycles. The van der Waals surface area contributed by atoms with Gasteiger partial charge in [0.1, 0.15) is 0 Å². The molecule has 1 fully saturated rings. The van der Waals surface area contributed by atoms with Crippen molar-refractivity contribution in [3.8, 4) is 0 Å². The summed E-state index contributed by atoms with van der Waals surface area (Å²) in [6.07, 6.45) is 2.49. The Labute approximate surface area is 102 Å². The molecule has 0 amide bonds. The van der Waals surface area contributed by atoms with Gasteiger partial charge < -0.3 is 5.32 Å². The van der Waals surface area contributed by atoms with Gasteiger partial charge in [-0.15, -0.1) is 0 Å². The molecule has 0 aromatic carbocycles. The molecule has 2 heterocycles. The SMILES string of the molecule is CCNC(c1ccnn1C)C1CCS(=O)(=O)C1. The van der Waals surface area contributed by atoms with Gasteiger partial charge in [-0.2, -0.15) is 5.10 Å². The maximum absolute atomic E-state index is 11.6. The zero-order valence-corrected chi connectivity index (χ0v) is 11.1. The highest BCUT2D eigenvalue weighted by atomic mass is 32.2. The zero-order valence-electron chi connectivity index (χ0n) is 10.3. The molecule has 0 bridgehead atoms. The van der Waals surface area contributed by atoms with E-state index in [1.54, 1.807) is 6.20 Å². The molecule has 0 aliphatic carbocycles. The van der Waals surface area contributed by atoms with Crippen LogP contribution in [0.15, 0.2) is 12.3 Å². The molecule has 6 heteroatoms. The number of aryl methyl sites for hydroxylation is 1. The number of nitrogens with one attached hydrogen (secondary N) is 1. The predicted octanol–water partition coefficient (Wildman–Crippen LogP) is 0.505. The van der Waals surface area contributed by atoms with E-state index in [1.807, 2.05) is 24.7 Å². The molecule has 1 aromatic heterocycles. The fourth-order valence-electron chi connectivity index (χ4n) is 2.51. The van der Waals surface area contributed by atoms with Crippen molar-refractivity contribution in [2.24, 2.45) is 13.0 Å². The van der Waals surface area contributed by atoms with Gasteiger partial charge in [-0.25, -0.2) is 8.42 Å². The summed E-state index contributed by atoms with van der Waals surface area (Å²) in [5.41, 5.74) is 1.06. The Balaban J connectivity index is 2.22. The summed E-state index contributed by atoms with van der Waals surface area (Å²) in [6, 6.07) is 2.04. The van der Waals surface area contributed by atoms with Crippen molar-refractivity contribution in [1.29, 1.82) is 0 Å². The fraction of sp³-hybridized carbons (Fsp3) is 0.727. The molecule has 1 saturated heterocycles. The van der Waals surface area contributed by atoms with E-state index >= 15 is 0 Å². The number of aromatic nitrogens is 2. The summed E-state index contributed by atoms with van der Waals surface area (Å²) >= 11 is 0. The van der Waals surface area contributed by atoms with E-state index in [-0.39, 0.29) is 17.7 Å². The van der Waals surface area contributed by atoms with Crippen molar-refractivity contribution in [3.05, 3.63) is 18.0 Å². The summed E-state index contributed by atoms with van der Waals surface area (Å²) in [4.78, 5) is 0. The lowest BCUT2D eigenvalue weighted by molar-refractivity contribution is 0.380. The molecule has 2 atom stereocenters. The maximum Gasteiger partial charge on any atom is 0.150 e. The van der Waals surface area contributed by atoms with Crippen molar-refractivity contribution in [2.45, 2.75) is 19.4 Å². The van der Waals surface area contributed by atoms with E-state index in [4.69, 9.17) is 0 Å². The van der Waals surface area contributed by atoms with E-state index < -0.39 is 9.84 Å². The van der Waals surface area contributed by atoms with Crippen LogP contribution in [-0.2, 0) is 16.9 Å². The van der Waals surface area contributed by atoms with Gasteiger partial charge in [0, 0.05) is 13.2 Å². The van der Waals surface area contributed by atoms with Gasteiger partial charge in [0.15, 0.2) is 9.84 Å². The summed E-state index contributed by atoms with van der Waals surface area (Å²) in [6.45, 7) is 2.86. The molecule has 5 nitrogen and oxygen atoms in total. The number of hydrogen-bond acceptors (Lipinski definition) is 4. The second kappa shape index (κ2) is 4.78. The van der Waals surface area contributed by atoms with Gasteiger partial charge in [-0.05, 0) is 24.9 Å². The Kier molecular flexibility index (Phi) is 3.53. The summed E-state index contributed by atoms with van der Waals surface area (Å²) in [5, 5.41) is 7.54. The van der Waals surface area contributed by atoms with Crippen LogP contribution >= 0.6 is 0 Å². The molecule has 2 rings (SSSR count). The second-order valence-corrected chi connectivity index (χ2v) is 6.81. The van der Waals surface area contributed by atoms with Crippen molar-refractivity contribution < 1.29 is 8.42 Å². The lowest BCUT2D eigenvalue weighted by Gasteiger charge is -2.23. The Bertz CT molecular complexity index is 481. The summed E-state index contributed by atoms with van der Waals surface area (Å²) in [7, 11) is -0.940. The van der Waals surface area contributed by atoms with Gasteiger partial charge in [0.2, 0.25) is 0 Å². The lowest BCUT2D eigenvalue weighted by Crippen LogP contribution is -2.30. The van der Waals surface area contributed by atoms with Crippen LogP contribution in [0.1, 0.15) is 25.1 Å². The fourth-order valence-corrected chi connectivity index (χ4v) is 4.35. The normalized spacial score (nSPS) is 24.9. The zero-order chi connectivity index (χ0) is 12.5. The quantitative estimate of drug-likeness (QED) is 0.853. The first-order valence-electron chi connectivity index (χ1n) is 5.95. The highest BCUT2D eigenvalue weighted by Crippen LogP contribution is 2.30. The van der Waals surface area contributed by atoms with E-state index in [1.165, 1.54) is 0 Å². The Morgan fingerprint density at radius 2 is 2.41 bits per heavy atom. The van der Waals surface area contributed by atoms with E-state index in [9.17, 15) is 8.42 Å². The predicted molar refractivity (Wildman–Crippen MR) is 66.4 cm³/mol. The molecule has 17 heavy (non-hydrogen) atoms. The standard InChI is InChI=1S/C11H19N3O2S/c1-3-12-11(10-4-6-13-14(10)2)9-5-7-17(15,16)8-9/h4,6,9,11-12H,3,5,7-8H2,1-2H3. The molecule has 1 aliphatic rings. The topological polar surface area (TPSA) is 64.0 Å². The molecular weight excluding hydrogens is 238 g/mol. The number of rotatable bonds is 4. The third-order valence-corrected chi connectivity index (χ3v) is 5.13. The third kappa shape index (κ3) is 2.69. The Hall–Kier alpha value is -0.880. The molecule has 1 aromatic rings. The highest BCUT2D eigenvalue weighted by molar-refractivity contribution is 7.91. The third-order valence-electron chi connectivity index (χ3n) is 3.34.